The van der Waals surface area contributed by atoms with Gasteiger partial charge >= 0.3 is 5.69 Å². The smallest absolute Gasteiger partial charge is 0.311 e. The van der Waals surface area contributed by atoms with Crippen LogP contribution in [-0.2, 0) is 14.8 Å². The summed E-state index contributed by atoms with van der Waals surface area (Å²) in [6.07, 6.45) is 1.19. The van der Waals surface area contributed by atoms with E-state index in [1.807, 2.05) is 0 Å². The number of hydrazone groups is 1. The maximum absolute atomic E-state index is 12.4. The molecule has 0 saturated carbocycles. The van der Waals surface area contributed by atoms with E-state index in [4.69, 9.17) is 16.3 Å². The molecule has 12 heteroatoms. The maximum Gasteiger partial charge on any atom is 0.311 e. The van der Waals surface area contributed by atoms with E-state index < -0.39 is 27.4 Å². The molecule has 0 aromatic heterocycles. The van der Waals surface area contributed by atoms with Crippen LogP contribution in [0.25, 0.3) is 0 Å². The average Bonchev–Trinajstić information content (AvgIpc) is 2.68. The van der Waals surface area contributed by atoms with Gasteiger partial charge in [-0.25, -0.2) is 13.8 Å². The van der Waals surface area contributed by atoms with Crippen LogP contribution in [0.3, 0.4) is 0 Å². The number of ether oxygens (including phenoxy) is 1. The van der Waals surface area contributed by atoms with E-state index in [2.05, 4.69) is 10.5 Å². The lowest BCUT2D eigenvalue weighted by Crippen LogP contribution is -2.36. The number of methoxy groups -OCH3 is 1. The molecule has 0 radical (unpaired) electrons. The zero-order valence-corrected chi connectivity index (χ0v) is 17.0. The average molecular weight is 441 g/mol. The van der Waals surface area contributed by atoms with Crippen LogP contribution in [0.2, 0.25) is 5.02 Å². The van der Waals surface area contributed by atoms with Crippen molar-refractivity contribution in [3.05, 3.63) is 63.2 Å². The fraction of sp³-hybridized carbons (Fsp3) is 0.176. The first-order valence-electron chi connectivity index (χ1n) is 8.01. The molecule has 0 atom stereocenters. The number of carbonyl (C=O) groups excluding carboxylic acids is 1. The van der Waals surface area contributed by atoms with Crippen LogP contribution in [-0.4, -0.2) is 50.5 Å². The molecule has 0 unspecified atom stereocenters. The van der Waals surface area contributed by atoms with Gasteiger partial charge in [0.25, 0.3) is 5.91 Å². The molecule has 2 aromatic rings. The van der Waals surface area contributed by atoms with Crippen LogP contribution in [0.1, 0.15) is 5.56 Å². The van der Waals surface area contributed by atoms with Gasteiger partial charge in [0.2, 0.25) is 10.0 Å². The minimum Gasteiger partial charge on any atom is -0.490 e. The van der Waals surface area contributed by atoms with E-state index in [0.717, 1.165) is 4.31 Å². The molecule has 0 aliphatic carbocycles. The molecular weight excluding hydrogens is 424 g/mol. The first kappa shape index (κ1) is 22.3. The van der Waals surface area contributed by atoms with Gasteiger partial charge in [-0.1, -0.05) is 11.6 Å². The number of carbonyl (C=O) groups is 1. The summed E-state index contributed by atoms with van der Waals surface area (Å²) >= 11 is 5.74. The Balaban J connectivity index is 2.01. The molecule has 2 aromatic carbocycles. The zero-order chi connectivity index (χ0) is 21.6. The molecule has 0 spiro atoms. The standard InChI is InChI=1S/C17H17ClN4O6S/c1-21(29(26,27)14-6-4-13(18)5-7-14)11-17(23)20-19-10-12-3-8-16(28-2)15(9-12)22(24)25/h3-10H,11H2,1-2H3,(H,20,23)/b19-10-. The molecule has 29 heavy (non-hydrogen) atoms. The molecule has 0 bridgehead atoms. The molecule has 2 rings (SSSR count). The van der Waals surface area contributed by atoms with Crippen LogP contribution in [0, 0.1) is 10.1 Å². The number of hydrogen-bond acceptors (Lipinski definition) is 7. The van der Waals surface area contributed by atoms with Gasteiger partial charge in [0, 0.05) is 23.7 Å². The monoisotopic (exact) mass is 440 g/mol. The summed E-state index contributed by atoms with van der Waals surface area (Å²) in [4.78, 5) is 22.4. The number of benzene rings is 2. The highest BCUT2D eigenvalue weighted by Gasteiger charge is 2.22. The van der Waals surface area contributed by atoms with Gasteiger partial charge in [-0.2, -0.15) is 9.41 Å². The number of nitro groups is 1. The molecule has 0 aliphatic rings. The molecule has 10 nitrogen and oxygen atoms in total. The number of nitrogens with one attached hydrogen (secondary N) is 1. The number of hydrogen-bond donors (Lipinski definition) is 1. The van der Waals surface area contributed by atoms with E-state index in [0.29, 0.717) is 10.6 Å². The number of likely N-dealkylation sites (N-methyl/N-ethyl adjacent to an activating group) is 1. The number of amides is 1. The first-order chi connectivity index (χ1) is 13.6. The normalized spacial score (nSPS) is 11.6. The second-order valence-electron chi connectivity index (χ2n) is 5.70. The van der Waals surface area contributed by atoms with Crippen LogP contribution in [0.4, 0.5) is 5.69 Å². The summed E-state index contributed by atoms with van der Waals surface area (Å²) in [5.74, 6) is -0.602. The van der Waals surface area contributed by atoms with E-state index in [-0.39, 0.29) is 16.3 Å². The molecule has 0 heterocycles. The Labute approximate surface area is 171 Å². The SMILES string of the molecule is COc1ccc(/C=N\NC(=O)CN(C)S(=O)(=O)c2ccc(Cl)cc2)cc1[N+](=O)[O-]. The van der Waals surface area contributed by atoms with Crippen molar-refractivity contribution in [3.8, 4) is 5.75 Å². The Bertz CT molecular complexity index is 1040. The molecule has 1 amide bonds. The van der Waals surface area contributed by atoms with Gasteiger partial charge in [0.05, 0.1) is 29.7 Å². The lowest BCUT2D eigenvalue weighted by atomic mass is 10.2. The lowest BCUT2D eigenvalue weighted by molar-refractivity contribution is -0.385. The maximum atomic E-state index is 12.4. The third kappa shape index (κ3) is 5.73. The number of rotatable bonds is 8. The Hall–Kier alpha value is -3.02. The van der Waals surface area contributed by atoms with Crippen LogP contribution in [0.5, 0.6) is 5.75 Å². The fourth-order valence-corrected chi connectivity index (χ4v) is 3.47. The van der Waals surface area contributed by atoms with Crippen molar-refractivity contribution >= 4 is 39.4 Å². The van der Waals surface area contributed by atoms with Gasteiger partial charge < -0.3 is 4.74 Å². The molecule has 1 N–H and O–H groups in total. The number of halogens is 1. The van der Waals surface area contributed by atoms with Crippen molar-refractivity contribution in [2.45, 2.75) is 4.90 Å². The highest BCUT2D eigenvalue weighted by atomic mass is 35.5. The minimum atomic E-state index is -3.88. The Kier molecular flexibility index (Phi) is 7.26. The summed E-state index contributed by atoms with van der Waals surface area (Å²) in [6, 6.07) is 9.67. The van der Waals surface area contributed by atoms with Crippen molar-refractivity contribution < 1.29 is 22.9 Å². The zero-order valence-electron chi connectivity index (χ0n) is 15.4. The van der Waals surface area contributed by atoms with Gasteiger partial charge in [-0.15, -0.1) is 0 Å². The quantitative estimate of drug-likeness (QED) is 0.379. The third-order valence-electron chi connectivity index (χ3n) is 3.69. The van der Waals surface area contributed by atoms with Crippen LogP contribution < -0.4 is 10.2 Å². The largest absolute Gasteiger partial charge is 0.490 e. The predicted molar refractivity (Wildman–Crippen MR) is 107 cm³/mol. The predicted octanol–water partition coefficient (Wildman–Crippen LogP) is 2.03. The van der Waals surface area contributed by atoms with E-state index in [1.54, 1.807) is 0 Å². The van der Waals surface area contributed by atoms with E-state index in [1.165, 1.54) is 62.8 Å². The third-order valence-corrected chi connectivity index (χ3v) is 5.76. The Morgan fingerprint density at radius 1 is 1.31 bits per heavy atom. The van der Waals surface area contributed by atoms with Crippen LogP contribution >= 0.6 is 11.6 Å². The van der Waals surface area contributed by atoms with Crippen molar-refractivity contribution in [2.24, 2.45) is 5.10 Å². The van der Waals surface area contributed by atoms with Gasteiger partial charge in [0.15, 0.2) is 5.75 Å². The van der Waals surface area contributed by atoms with E-state index >= 15 is 0 Å². The van der Waals surface area contributed by atoms with Crippen molar-refractivity contribution in [2.75, 3.05) is 20.7 Å². The second-order valence-corrected chi connectivity index (χ2v) is 8.18. The second kappa shape index (κ2) is 9.45. The van der Waals surface area contributed by atoms with Crippen molar-refractivity contribution in [1.82, 2.24) is 9.73 Å². The summed E-state index contributed by atoms with van der Waals surface area (Å²) in [5, 5.41) is 15.1. The Morgan fingerprint density at radius 3 is 2.55 bits per heavy atom. The number of sulfonamides is 1. The summed E-state index contributed by atoms with van der Waals surface area (Å²) in [7, 11) is -1.32. The first-order valence-corrected chi connectivity index (χ1v) is 9.83. The summed E-state index contributed by atoms with van der Waals surface area (Å²) in [5.41, 5.74) is 2.27. The van der Waals surface area contributed by atoms with Crippen LogP contribution in [0.15, 0.2) is 52.5 Å². The molecule has 0 fully saturated rings. The van der Waals surface area contributed by atoms with E-state index in [9.17, 15) is 23.3 Å². The molecule has 154 valence electrons. The minimum absolute atomic E-state index is 0.00811. The number of nitro benzene ring substituents is 1. The molecular formula is C17H17ClN4O6S. The molecule has 0 aliphatic heterocycles. The Morgan fingerprint density at radius 2 is 1.97 bits per heavy atom. The highest BCUT2D eigenvalue weighted by Crippen LogP contribution is 2.26. The van der Waals surface area contributed by atoms with Gasteiger partial charge in [-0.3, -0.25) is 14.9 Å². The highest BCUT2D eigenvalue weighted by molar-refractivity contribution is 7.89. The van der Waals surface area contributed by atoms with Gasteiger partial charge in [-0.05, 0) is 36.4 Å². The van der Waals surface area contributed by atoms with Gasteiger partial charge in [0.1, 0.15) is 0 Å². The van der Waals surface area contributed by atoms with Crippen molar-refractivity contribution in [1.29, 1.82) is 0 Å². The van der Waals surface area contributed by atoms with Crippen molar-refractivity contribution in [3.63, 3.8) is 0 Å². The number of nitrogens with zero attached hydrogens (tertiary/aromatic N) is 3. The summed E-state index contributed by atoms with van der Waals surface area (Å²) < 4.78 is 30.6. The topological polar surface area (TPSA) is 131 Å². The fourth-order valence-electron chi connectivity index (χ4n) is 2.22. The molecule has 0 saturated heterocycles. The lowest BCUT2D eigenvalue weighted by Gasteiger charge is -2.16. The summed E-state index contributed by atoms with van der Waals surface area (Å²) in [6.45, 7) is -0.481.